The molecule has 0 aliphatic rings. The molecule has 0 fully saturated rings. The molecule has 0 aromatic heterocycles. The van der Waals surface area contributed by atoms with E-state index in [4.69, 9.17) is 19.9 Å². The van der Waals surface area contributed by atoms with Gasteiger partial charge in [0.2, 0.25) is 0 Å². The number of thioether (sulfide) groups is 1. The average Bonchev–Trinajstić information content (AvgIpc) is 2.82. The highest BCUT2D eigenvalue weighted by Gasteiger charge is 2.25. The standard InChI is InChI=1S/C24H25F2NO6S/c1-4-31-23(29)21(27)13-33-24(30)22(16-7-10-19(25)20(26)11-16)18(12-32-14(2)28)15-5-8-17(34-3)9-6-15/h5-11,21H,4,12-13,27H2,1-3H3/b22-18+/t21-/m0/s1. The predicted molar refractivity (Wildman–Crippen MR) is 124 cm³/mol. The Labute approximate surface area is 200 Å². The van der Waals surface area contributed by atoms with E-state index in [1.165, 1.54) is 24.8 Å². The number of rotatable bonds is 10. The molecular formula is C24H25F2NO6S. The van der Waals surface area contributed by atoms with Crippen molar-refractivity contribution in [3.8, 4) is 0 Å². The Balaban J connectivity index is 2.58. The van der Waals surface area contributed by atoms with Crippen LogP contribution >= 0.6 is 11.8 Å². The van der Waals surface area contributed by atoms with Crippen LogP contribution in [0.2, 0.25) is 0 Å². The minimum atomic E-state index is -1.24. The van der Waals surface area contributed by atoms with Gasteiger partial charge >= 0.3 is 17.9 Å². The van der Waals surface area contributed by atoms with Crippen LogP contribution in [-0.2, 0) is 28.6 Å². The van der Waals surface area contributed by atoms with Gasteiger partial charge in [-0.05, 0) is 48.6 Å². The molecular weight excluding hydrogens is 468 g/mol. The van der Waals surface area contributed by atoms with Crippen molar-refractivity contribution in [3.63, 3.8) is 0 Å². The van der Waals surface area contributed by atoms with E-state index < -0.39 is 42.2 Å². The molecule has 0 saturated heterocycles. The first-order valence-corrected chi connectivity index (χ1v) is 11.5. The molecule has 0 aliphatic heterocycles. The second-order valence-electron chi connectivity index (χ2n) is 6.95. The number of halogens is 2. The van der Waals surface area contributed by atoms with Crippen LogP contribution < -0.4 is 5.73 Å². The van der Waals surface area contributed by atoms with Gasteiger partial charge in [-0.2, -0.15) is 0 Å². The Kier molecular flexibility index (Phi) is 10.2. The molecule has 10 heteroatoms. The molecule has 2 aromatic rings. The van der Waals surface area contributed by atoms with E-state index in [0.717, 1.165) is 17.0 Å². The Morgan fingerprint density at radius 1 is 0.971 bits per heavy atom. The number of hydrogen-bond acceptors (Lipinski definition) is 8. The van der Waals surface area contributed by atoms with Crippen molar-refractivity contribution in [1.82, 2.24) is 0 Å². The van der Waals surface area contributed by atoms with E-state index in [9.17, 15) is 23.2 Å². The van der Waals surface area contributed by atoms with Crippen molar-refractivity contribution < 1.29 is 37.4 Å². The van der Waals surface area contributed by atoms with Gasteiger partial charge < -0.3 is 19.9 Å². The third-order valence-corrected chi connectivity index (χ3v) is 5.30. The lowest BCUT2D eigenvalue weighted by Crippen LogP contribution is -2.37. The zero-order valence-corrected chi connectivity index (χ0v) is 19.7. The van der Waals surface area contributed by atoms with E-state index in [2.05, 4.69) is 0 Å². The van der Waals surface area contributed by atoms with E-state index >= 15 is 0 Å². The zero-order chi connectivity index (χ0) is 25.3. The fourth-order valence-corrected chi connectivity index (χ4v) is 3.30. The first-order valence-electron chi connectivity index (χ1n) is 10.2. The summed E-state index contributed by atoms with van der Waals surface area (Å²) in [6.07, 6.45) is 1.89. The van der Waals surface area contributed by atoms with Crippen LogP contribution in [0.1, 0.15) is 25.0 Å². The number of carbonyl (C=O) groups is 3. The Morgan fingerprint density at radius 3 is 2.18 bits per heavy atom. The monoisotopic (exact) mass is 493 g/mol. The lowest BCUT2D eigenvalue weighted by atomic mass is 9.94. The maximum atomic E-state index is 14.1. The molecule has 2 N–H and O–H groups in total. The summed E-state index contributed by atoms with van der Waals surface area (Å²) >= 11 is 1.50. The maximum Gasteiger partial charge on any atom is 0.339 e. The number of benzene rings is 2. The molecule has 0 heterocycles. The molecule has 0 unspecified atom stereocenters. The molecule has 0 radical (unpaired) electrons. The van der Waals surface area contributed by atoms with Crippen molar-refractivity contribution in [2.75, 3.05) is 26.1 Å². The molecule has 2 aromatic carbocycles. The summed E-state index contributed by atoms with van der Waals surface area (Å²) < 4.78 is 42.8. The molecule has 0 aliphatic carbocycles. The van der Waals surface area contributed by atoms with Gasteiger partial charge in [0.15, 0.2) is 11.6 Å². The first kappa shape index (κ1) is 27.0. The smallest absolute Gasteiger partial charge is 0.339 e. The average molecular weight is 494 g/mol. The fraction of sp³-hybridized carbons (Fsp3) is 0.292. The highest BCUT2D eigenvalue weighted by atomic mass is 32.2. The third-order valence-electron chi connectivity index (χ3n) is 4.56. The normalized spacial score (nSPS) is 12.4. The van der Waals surface area contributed by atoms with Gasteiger partial charge in [0.1, 0.15) is 19.3 Å². The lowest BCUT2D eigenvalue weighted by Gasteiger charge is -2.17. The van der Waals surface area contributed by atoms with Crippen LogP contribution in [0.3, 0.4) is 0 Å². The fourth-order valence-electron chi connectivity index (χ4n) is 2.89. The second kappa shape index (κ2) is 12.9. The van der Waals surface area contributed by atoms with Crippen LogP contribution in [0, 0.1) is 11.6 Å². The zero-order valence-electron chi connectivity index (χ0n) is 18.9. The summed E-state index contributed by atoms with van der Waals surface area (Å²) in [7, 11) is 0. The third kappa shape index (κ3) is 7.39. The molecule has 2 rings (SSSR count). The summed E-state index contributed by atoms with van der Waals surface area (Å²) in [6, 6.07) is 8.63. The summed E-state index contributed by atoms with van der Waals surface area (Å²) in [5.41, 5.74) is 6.21. The van der Waals surface area contributed by atoms with Gasteiger partial charge in [-0.3, -0.25) is 9.59 Å². The Morgan fingerprint density at radius 2 is 1.62 bits per heavy atom. The predicted octanol–water partition coefficient (Wildman–Crippen LogP) is 3.59. The first-order chi connectivity index (χ1) is 16.2. The van der Waals surface area contributed by atoms with Crippen LogP contribution in [0.25, 0.3) is 11.1 Å². The van der Waals surface area contributed by atoms with Crippen molar-refractivity contribution in [3.05, 3.63) is 65.2 Å². The molecule has 0 spiro atoms. The number of carbonyl (C=O) groups excluding carboxylic acids is 3. The van der Waals surface area contributed by atoms with Crippen molar-refractivity contribution in [2.45, 2.75) is 24.8 Å². The highest BCUT2D eigenvalue weighted by molar-refractivity contribution is 7.98. The van der Waals surface area contributed by atoms with E-state index in [1.54, 1.807) is 31.2 Å². The number of esters is 3. The summed E-state index contributed by atoms with van der Waals surface area (Å²) in [4.78, 5) is 37.4. The van der Waals surface area contributed by atoms with Crippen LogP contribution in [0.15, 0.2) is 47.4 Å². The minimum Gasteiger partial charge on any atom is -0.465 e. The van der Waals surface area contributed by atoms with E-state index in [-0.39, 0.29) is 29.9 Å². The van der Waals surface area contributed by atoms with Crippen molar-refractivity contribution >= 4 is 40.8 Å². The van der Waals surface area contributed by atoms with Gasteiger partial charge in [0.25, 0.3) is 0 Å². The largest absolute Gasteiger partial charge is 0.465 e. The SMILES string of the molecule is CCOC(=O)[C@@H](N)COC(=O)/C(=C(\COC(C)=O)c1ccc(SC)cc1)c1ccc(F)c(F)c1. The molecule has 1 atom stereocenters. The van der Waals surface area contributed by atoms with E-state index in [0.29, 0.717) is 5.56 Å². The van der Waals surface area contributed by atoms with Crippen LogP contribution in [0.4, 0.5) is 8.78 Å². The van der Waals surface area contributed by atoms with Gasteiger partial charge in [-0.15, -0.1) is 11.8 Å². The van der Waals surface area contributed by atoms with Crippen LogP contribution in [0.5, 0.6) is 0 Å². The topological polar surface area (TPSA) is 105 Å². The van der Waals surface area contributed by atoms with E-state index in [1.807, 2.05) is 6.26 Å². The van der Waals surface area contributed by atoms with Gasteiger partial charge in [-0.1, -0.05) is 18.2 Å². The maximum absolute atomic E-state index is 14.1. The molecule has 182 valence electrons. The number of hydrogen-bond donors (Lipinski definition) is 1. The van der Waals surface area contributed by atoms with Crippen molar-refractivity contribution in [1.29, 1.82) is 0 Å². The quantitative estimate of drug-likeness (QED) is 0.176. The summed E-state index contributed by atoms with van der Waals surface area (Å²) in [5.74, 6) is -4.63. The minimum absolute atomic E-state index is 0.00954. The molecule has 0 saturated carbocycles. The van der Waals surface area contributed by atoms with Gasteiger partial charge in [0, 0.05) is 17.4 Å². The number of ether oxygens (including phenoxy) is 3. The van der Waals surface area contributed by atoms with Crippen LogP contribution in [-0.4, -0.2) is 50.0 Å². The molecule has 0 amide bonds. The lowest BCUT2D eigenvalue weighted by molar-refractivity contribution is -0.148. The highest BCUT2D eigenvalue weighted by Crippen LogP contribution is 2.30. The molecule has 0 bridgehead atoms. The Bertz CT molecular complexity index is 1070. The van der Waals surface area contributed by atoms with Crippen molar-refractivity contribution in [2.24, 2.45) is 5.73 Å². The summed E-state index contributed by atoms with van der Waals surface area (Å²) in [6.45, 7) is 2.03. The number of nitrogens with two attached hydrogens (primary N) is 1. The van der Waals surface area contributed by atoms with Gasteiger partial charge in [-0.25, -0.2) is 13.6 Å². The molecule has 34 heavy (non-hydrogen) atoms. The summed E-state index contributed by atoms with van der Waals surface area (Å²) in [5, 5.41) is 0. The second-order valence-corrected chi connectivity index (χ2v) is 7.83. The molecule has 7 nitrogen and oxygen atoms in total. The van der Waals surface area contributed by atoms with Gasteiger partial charge in [0.05, 0.1) is 12.2 Å². The Hall–Kier alpha value is -3.24.